The van der Waals surface area contributed by atoms with Gasteiger partial charge in [-0.1, -0.05) is 0 Å². The maximum atomic E-state index is 7.05. The van der Waals surface area contributed by atoms with Crippen LogP contribution in [-0.2, 0) is 21.1 Å². The van der Waals surface area contributed by atoms with E-state index < -0.39 is 21.1 Å². The molecule has 2 aliphatic rings. The van der Waals surface area contributed by atoms with Gasteiger partial charge in [0, 0.05) is 0 Å². The number of rotatable bonds is 6. The molecule has 3 heteroatoms. The fourth-order valence-electron chi connectivity index (χ4n) is 3.82. The Morgan fingerprint density at radius 2 is 1.10 bits per heavy atom. The van der Waals surface area contributed by atoms with Gasteiger partial charge in [0.25, 0.3) is 0 Å². The summed E-state index contributed by atoms with van der Waals surface area (Å²) in [5, 5.41) is 0. The van der Waals surface area contributed by atoms with Gasteiger partial charge in [0.2, 0.25) is 0 Å². The molecule has 0 aliphatic heterocycles. The van der Waals surface area contributed by atoms with Gasteiger partial charge in [-0.15, -0.1) is 0 Å². The van der Waals surface area contributed by atoms with Crippen LogP contribution in [0.5, 0.6) is 11.5 Å². The number of hydrogen-bond acceptors (Lipinski definition) is 2. The van der Waals surface area contributed by atoms with Crippen molar-refractivity contribution >= 4 is 0 Å². The van der Waals surface area contributed by atoms with Crippen LogP contribution in [0.1, 0.15) is 35.1 Å². The Morgan fingerprint density at radius 3 is 1.48 bits per heavy atom. The van der Waals surface area contributed by atoms with Gasteiger partial charge >= 0.3 is 180 Å². The van der Waals surface area contributed by atoms with Crippen molar-refractivity contribution in [2.75, 3.05) is 0 Å². The third-order valence-electron chi connectivity index (χ3n) is 5.58. The number of aryl methyl sites for hydroxylation is 4. The minimum atomic E-state index is -3.92. The van der Waals surface area contributed by atoms with Crippen molar-refractivity contribution in [2.24, 2.45) is 0 Å². The summed E-state index contributed by atoms with van der Waals surface area (Å²) in [7, 11) is 0. The van der Waals surface area contributed by atoms with Crippen molar-refractivity contribution in [2.45, 2.75) is 40.5 Å². The SMILES string of the molecule is Cc1ccc(C)c([O][Zr]([O]c2cc(C)ccc2C)([C]2=CC=CC2)[C]2=CC=CC2)c1. The zero-order valence-corrected chi connectivity index (χ0v) is 20.1. The minimum absolute atomic E-state index is 0.906. The first-order valence-corrected chi connectivity index (χ1v) is 14.7. The zero-order chi connectivity index (χ0) is 20.4. The molecule has 2 aliphatic carbocycles. The van der Waals surface area contributed by atoms with Crippen molar-refractivity contribution in [3.05, 3.63) is 102 Å². The summed E-state index contributed by atoms with van der Waals surface area (Å²) in [6.45, 7) is 8.46. The first-order valence-electron chi connectivity index (χ1n) is 10.2. The third kappa shape index (κ3) is 4.12. The molecule has 0 amide bonds. The predicted molar refractivity (Wildman–Crippen MR) is 117 cm³/mol. The molecule has 0 unspecified atom stereocenters. The summed E-state index contributed by atoms with van der Waals surface area (Å²) in [6, 6.07) is 12.9. The molecular formula is C26H28O2Zr. The molecular weight excluding hydrogens is 436 g/mol. The van der Waals surface area contributed by atoms with Crippen molar-refractivity contribution < 1.29 is 26.8 Å². The molecule has 0 heterocycles. The van der Waals surface area contributed by atoms with Crippen LogP contribution in [0.4, 0.5) is 0 Å². The Bertz CT molecular complexity index is 971. The molecule has 0 radical (unpaired) electrons. The van der Waals surface area contributed by atoms with E-state index in [9.17, 15) is 0 Å². The van der Waals surface area contributed by atoms with Crippen LogP contribution < -0.4 is 5.63 Å². The molecule has 2 aromatic carbocycles. The van der Waals surface area contributed by atoms with Gasteiger partial charge in [0.05, 0.1) is 0 Å². The van der Waals surface area contributed by atoms with E-state index in [1.807, 2.05) is 0 Å². The molecule has 0 fully saturated rings. The van der Waals surface area contributed by atoms with Crippen LogP contribution in [0, 0.1) is 27.7 Å². The molecule has 0 atom stereocenters. The first-order chi connectivity index (χ1) is 14.0. The molecule has 0 bridgehead atoms. The van der Waals surface area contributed by atoms with Gasteiger partial charge < -0.3 is 0 Å². The van der Waals surface area contributed by atoms with E-state index in [0.29, 0.717) is 0 Å². The van der Waals surface area contributed by atoms with E-state index >= 15 is 0 Å². The van der Waals surface area contributed by atoms with E-state index in [2.05, 4.69) is 101 Å². The zero-order valence-electron chi connectivity index (χ0n) is 17.7. The van der Waals surface area contributed by atoms with Crippen LogP contribution in [0.2, 0.25) is 0 Å². The molecule has 0 spiro atoms. The van der Waals surface area contributed by atoms with Gasteiger partial charge in [-0.05, 0) is 0 Å². The second-order valence-electron chi connectivity index (χ2n) is 8.01. The number of allylic oxidation sites excluding steroid dienone is 8. The second kappa shape index (κ2) is 8.32. The van der Waals surface area contributed by atoms with Crippen molar-refractivity contribution in [1.82, 2.24) is 0 Å². The van der Waals surface area contributed by atoms with E-state index in [1.165, 1.54) is 17.7 Å². The van der Waals surface area contributed by atoms with Crippen LogP contribution in [0.15, 0.2) is 79.4 Å². The fourth-order valence-corrected chi connectivity index (χ4v) is 12.3. The number of benzene rings is 2. The monoisotopic (exact) mass is 462 g/mol. The first kappa shape index (κ1) is 20.2. The predicted octanol–water partition coefficient (Wildman–Crippen LogP) is 7.05. The molecule has 0 saturated heterocycles. The van der Waals surface area contributed by atoms with E-state index in [-0.39, 0.29) is 0 Å². The Morgan fingerprint density at radius 1 is 0.655 bits per heavy atom. The van der Waals surface area contributed by atoms with Crippen LogP contribution in [-0.4, -0.2) is 0 Å². The quantitative estimate of drug-likeness (QED) is 0.457. The average Bonchev–Trinajstić information content (AvgIpc) is 3.41. The van der Waals surface area contributed by atoms with Gasteiger partial charge in [-0.2, -0.15) is 0 Å². The third-order valence-corrected chi connectivity index (χ3v) is 14.1. The second-order valence-corrected chi connectivity index (χ2v) is 15.2. The van der Waals surface area contributed by atoms with Gasteiger partial charge in [0.15, 0.2) is 0 Å². The molecule has 0 aromatic heterocycles. The van der Waals surface area contributed by atoms with Gasteiger partial charge in [-0.25, -0.2) is 0 Å². The Balaban J connectivity index is 1.86. The Hall–Kier alpha value is -2.12. The Labute approximate surface area is 179 Å². The van der Waals surface area contributed by atoms with Crippen molar-refractivity contribution in [1.29, 1.82) is 0 Å². The molecule has 29 heavy (non-hydrogen) atoms. The van der Waals surface area contributed by atoms with Gasteiger partial charge in [-0.3, -0.25) is 0 Å². The average molecular weight is 464 g/mol. The maximum absolute atomic E-state index is 7.05. The fraction of sp³-hybridized carbons (Fsp3) is 0.231. The van der Waals surface area contributed by atoms with E-state index in [0.717, 1.165) is 35.5 Å². The molecule has 2 aromatic rings. The standard InChI is InChI=1S/2C8H10O.2C5H5.Zr/c2*1-6-3-4-7(2)8(9)5-6;2*1-2-4-5-3-1;/h2*3-5,9H,1-2H3;2*1-3H,4H2;/q;;;;+2/p-2. The summed E-state index contributed by atoms with van der Waals surface area (Å²) < 4.78 is 16.8. The van der Waals surface area contributed by atoms with Crippen molar-refractivity contribution in [3.63, 3.8) is 0 Å². The topological polar surface area (TPSA) is 18.5 Å². The summed E-state index contributed by atoms with van der Waals surface area (Å²) in [5.74, 6) is 1.90. The van der Waals surface area contributed by atoms with E-state index in [4.69, 9.17) is 5.63 Å². The molecule has 2 nitrogen and oxygen atoms in total. The Kier molecular flexibility index (Phi) is 5.79. The summed E-state index contributed by atoms with van der Waals surface area (Å²) in [5.41, 5.74) is 4.71. The summed E-state index contributed by atoms with van der Waals surface area (Å²) >= 11 is -3.92. The normalized spacial score (nSPS) is 15.4. The van der Waals surface area contributed by atoms with Crippen LogP contribution in [0.25, 0.3) is 0 Å². The molecule has 0 saturated carbocycles. The van der Waals surface area contributed by atoms with E-state index in [1.54, 1.807) is 0 Å². The number of hydrogen-bond donors (Lipinski definition) is 0. The molecule has 4 rings (SSSR count). The molecule has 0 N–H and O–H groups in total. The summed E-state index contributed by atoms with van der Waals surface area (Å²) in [6.07, 6.45) is 15.0. The van der Waals surface area contributed by atoms with Crippen LogP contribution in [0.3, 0.4) is 0 Å². The van der Waals surface area contributed by atoms with Gasteiger partial charge in [0.1, 0.15) is 0 Å². The van der Waals surface area contributed by atoms with Crippen molar-refractivity contribution in [3.8, 4) is 11.5 Å². The van der Waals surface area contributed by atoms with Crippen LogP contribution >= 0.6 is 0 Å². The molecule has 148 valence electrons. The summed E-state index contributed by atoms with van der Waals surface area (Å²) in [4.78, 5) is 0.